The topological polar surface area (TPSA) is 94.1 Å². The Hall–Kier alpha value is -1.81. The van der Waals surface area contributed by atoms with Gasteiger partial charge in [0.05, 0.1) is 26.4 Å². The minimum Gasteiger partial charge on any atom is -0.255 e. The van der Waals surface area contributed by atoms with E-state index in [9.17, 15) is 16.8 Å². The Bertz CT molecular complexity index is 1170. The molecular weight excluding hydrogens is 428 g/mol. The van der Waals surface area contributed by atoms with Gasteiger partial charge < -0.3 is 0 Å². The number of hydrogen-bond donors (Lipinski definition) is 0. The van der Waals surface area contributed by atoms with Gasteiger partial charge in [0.15, 0.2) is 19.7 Å². The van der Waals surface area contributed by atoms with Gasteiger partial charge in [0.2, 0.25) is 0 Å². The Kier molecular flexibility index (Phi) is 5.66. The molecule has 0 fully saturated rings. The average Bonchev–Trinajstić information content (AvgIpc) is 3.07. The number of rotatable bonds is 6. The first kappa shape index (κ1) is 19.9. The van der Waals surface area contributed by atoms with Crippen LogP contribution >= 0.6 is 22.9 Å². The van der Waals surface area contributed by atoms with Crippen LogP contribution in [0.3, 0.4) is 0 Å². The summed E-state index contributed by atoms with van der Waals surface area (Å²) in [6.45, 7) is 0. The summed E-state index contributed by atoms with van der Waals surface area (Å²) in [5.41, 5.74) is 1.26. The zero-order chi connectivity index (χ0) is 19.7. The zero-order valence-electron chi connectivity index (χ0n) is 14.2. The highest BCUT2D eigenvalue weighted by atomic mass is 35.5. The van der Waals surface area contributed by atoms with Gasteiger partial charge in [0.1, 0.15) is 4.21 Å². The van der Waals surface area contributed by atoms with E-state index in [0.29, 0.717) is 21.4 Å². The lowest BCUT2D eigenvalue weighted by Crippen LogP contribution is -2.10. The minimum absolute atomic E-state index is 0.0705. The van der Waals surface area contributed by atoms with Gasteiger partial charge in [-0.3, -0.25) is 9.97 Å². The number of hydrogen-bond acceptors (Lipinski definition) is 7. The van der Waals surface area contributed by atoms with E-state index in [1.165, 1.54) is 24.3 Å². The van der Waals surface area contributed by atoms with Crippen LogP contribution in [0, 0.1) is 0 Å². The molecule has 0 amide bonds. The largest absolute Gasteiger partial charge is 0.255 e. The molecule has 0 aromatic carbocycles. The lowest BCUT2D eigenvalue weighted by Gasteiger charge is -2.08. The average molecular weight is 443 g/mol. The molecule has 27 heavy (non-hydrogen) atoms. The van der Waals surface area contributed by atoms with Gasteiger partial charge in [0, 0.05) is 24.6 Å². The van der Waals surface area contributed by atoms with Crippen molar-refractivity contribution in [1.82, 2.24) is 9.97 Å². The molecule has 3 aromatic rings. The van der Waals surface area contributed by atoms with Crippen molar-refractivity contribution in [2.75, 3.05) is 12.0 Å². The highest BCUT2D eigenvalue weighted by molar-refractivity contribution is 7.93. The summed E-state index contributed by atoms with van der Waals surface area (Å²) in [6, 6.07) is 11.0. The van der Waals surface area contributed by atoms with E-state index in [-0.39, 0.29) is 21.3 Å². The predicted molar refractivity (Wildman–Crippen MR) is 106 cm³/mol. The second-order valence-corrected chi connectivity index (χ2v) is 11.9. The summed E-state index contributed by atoms with van der Waals surface area (Å²) in [4.78, 5) is 8.66. The van der Waals surface area contributed by atoms with E-state index in [2.05, 4.69) is 9.97 Å². The molecular formula is C17H15ClN2O4S3. The van der Waals surface area contributed by atoms with E-state index in [0.717, 1.165) is 17.6 Å². The van der Waals surface area contributed by atoms with Crippen molar-refractivity contribution in [2.24, 2.45) is 0 Å². The molecule has 142 valence electrons. The molecule has 0 aliphatic heterocycles. The maximum Gasteiger partial charge on any atom is 0.188 e. The standard InChI is InChI=1S/C17H15ClN2O4S3/c1-26(21,22)13-10-12(20-15(11-13)14-4-2-3-8-19-14)7-9-27(23,24)17-6-5-16(18)25-17/h2-6,8,10-11H,7,9H2,1H3. The van der Waals surface area contributed by atoms with Gasteiger partial charge >= 0.3 is 0 Å². The third-order valence-electron chi connectivity index (χ3n) is 3.69. The maximum absolute atomic E-state index is 12.4. The Balaban J connectivity index is 1.95. The minimum atomic E-state index is -3.53. The number of aromatic nitrogens is 2. The molecule has 0 bridgehead atoms. The van der Waals surface area contributed by atoms with Crippen molar-refractivity contribution in [3.63, 3.8) is 0 Å². The van der Waals surface area contributed by atoms with Crippen molar-refractivity contribution in [1.29, 1.82) is 0 Å². The van der Waals surface area contributed by atoms with Crippen molar-refractivity contribution in [2.45, 2.75) is 15.5 Å². The number of aryl methyl sites for hydroxylation is 1. The van der Waals surface area contributed by atoms with Crippen LogP contribution in [0.1, 0.15) is 5.69 Å². The second-order valence-electron chi connectivity index (χ2n) is 5.79. The number of sulfone groups is 2. The summed E-state index contributed by atoms with van der Waals surface area (Å²) in [7, 11) is -7.03. The first-order valence-electron chi connectivity index (χ1n) is 7.76. The van der Waals surface area contributed by atoms with Crippen LogP contribution < -0.4 is 0 Å². The predicted octanol–water partition coefficient (Wildman–Crippen LogP) is 3.28. The Morgan fingerprint density at radius 3 is 2.41 bits per heavy atom. The molecule has 0 aliphatic rings. The zero-order valence-corrected chi connectivity index (χ0v) is 17.4. The van der Waals surface area contributed by atoms with Gasteiger partial charge in [0.25, 0.3) is 0 Å². The van der Waals surface area contributed by atoms with Crippen LogP contribution in [0.2, 0.25) is 4.34 Å². The molecule has 0 N–H and O–H groups in total. The van der Waals surface area contributed by atoms with Crippen LogP contribution in [-0.4, -0.2) is 38.8 Å². The highest BCUT2D eigenvalue weighted by Crippen LogP contribution is 2.27. The highest BCUT2D eigenvalue weighted by Gasteiger charge is 2.19. The molecule has 0 spiro atoms. The molecule has 0 aliphatic carbocycles. The van der Waals surface area contributed by atoms with Crippen molar-refractivity contribution < 1.29 is 16.8 Å². The van der Waals surface area contributed by atoms with E-state index in [4.69, 9.17) is 11.6 Å². The Labute approximate surface area is 166 Å². The summed E-state index contributed by atoms with van der Waals surface area (Å²) in [5, 5.41) is 0. The smallest absolute Gasteiger partial charge is 0.188 e. The monoisotopic (exact) mass is 442 g/mol. The fourth-order valence-corrected chi connectivity index (χ4v) is 5.92. The van der Waals surface area contributed by atoms with Gasteiger partial charge in [-0.15, -0.1) is 11.3 Å². The fraction of sp³-hybridized carbons (Fsp3) is 0.176. The molecule has 0 saturated carbocycles. The number of thiophene rings is 1. The Morgan fingerprint density at radius 2 is 1.81 bits per heavy atom. The van der Waals surface area contributed by atoms with E-state index < -0.39 is 19.7 Å². The first-order chi connectivity index (χ1) is 12.6. The molecule has 10 heteroatoms. The van der Waals surface area contributed by atoms with Crippen LogP contribution in [0.4, 0.5) is 0 Å². The normalized spacial score (nSPS) is 12.2. The summed E-state index contributed by atoms with van der Waals surface area (Å²) in [5.74, 6) is -0.203. The molecule has 0 unspecified atom stereocenters. The number of halogens is 1. The third-order valence-corrected chi connectivity index (χ3v) is 8.31. The van der Waals surface area contributed by atoms with E-state index in [1.54, 1.807) is 24.4 Å². The maximum atomic E-state index is 12.4. The van der Waals surface area contributed by atoms with Gasteiger partial charge in [-0.25, -0.2) is 16.8 Å². The molecule has 0 radical (unpaired) electrons. The molecule has 3 heterocycles. The van der Waals surface area contributed by atoms with Gasteiger partial charge in [-0.05, 0) is 36.4 Å². The molecule has 0 atom stereocenters. The van der Waals surface area contributed by atoms with Crippen LogP contribution in [0.15, 0.2) is 57.8 Å². The van der Waals surface area contributed by atoms with Crippen molar-refractivity contribution >= 4 is 42.6 Å². The summed E-state index contributed by atoms with van der Waals surface area (Å²) < 4.78 is 49.5. The summed E-state index contributed by atoms with van der Waals surface area (Å²) >= 11 is 6.80. The van der Waals surface area contributed by atoms with Crippen LogP contribution in [0.25, 0.3) is 11.4 Å². The van der Waals surface area contributed by atoms with Crippen molar-refractivity contribution in [3.8, 4) is 11.4 Å². The molecule has 3 rings (SSSR count). The fourth-order valence-electron chi connectivity index (χ4n) is 2.35. The first-order valence-corrected chi connectivity index (χ1v) is 12.5. The Morgan fingerprint density at radius 1 is 1.04 bits per heavy atom. The summed E-state index contributed by atoms with van der Waals surface area (Å²) in [6.07, 6.45) is 2.74. The molecule has 3 aromatic heterocycles. The number of nitrogens with zero attached hydrogens (tertiary/aromatic N) is 2. The SMILES string of the molecule is CS(=O)(=O)c1cc(CCS(=O)(=O)c2ccc(Cl)s2)nc(-c2ccccn2)c1. The lowest BCUT2D eigenvalue weighted by atomic mass is 10.2. The van der Waals surface area contributed by atoms with Crippen LogP contribution in [0.5, 0.6) is 0 Å². The van der Waals surface area contributed by atoms with Crippen molar-refractivity contribution in [3.05, 3.63) is 58.7 Å². The van der Waals surface area contributed by atoms with Gasteiger partial charge in [-0.1, -0.05) is 17.7 Å². The third kappa shape index (κ3) is 4.92. The van der Waals surface area contributed by atoms with Gasteiger partial charge in [-0.2, -0.15) is 0 Å². The second kappa shape index (κ2) is 7.67. The van der Waals surface area contributed by atoms with E-state index in [1.807, 2.05) is 0 Å². The molecule has 0 saturated heterocycles. The van der Waals surface area contributed by atoms with Crippen LogP contribution in [-0.2, 0) is 26.1 Å². The number of pyridine rings is 2. The van der Waals surface area contributed by atoms with E-state index >= 15 is 0 Å². The molecule has 6 nitrogen and oxygen atoms in total. The quantitative estimate of drug-likeness (QED) is 0.581. The lowest BCUT2D eigenvalue weighted by molar-refractivity contribution is 0.597.